The Hall–Kier alpha value is -0.930. The van der Waals surface area contributed by atoms with Crippen molar-refractivity contribution >= 4 is 50.1 Å². The van der Waals surface area contributed by atoms with Gasteiger partial charge in [-0.1, -0.05) is 39.3 Å². The van der Waals surface area contributed by atoms with E-state index in [-0.39, 0.29) is 12.0 Å². The van der Waals surface area contributed by atoms with Crippen molar-refractivity contribution in [1.29, 1.82) is 0 Å². The SMILES string of the molecule is CC(C)(C)OC(=O)N1CCc2nc(NC(=O)CCCCC3CCSS3)sc2C1. The molecule has 9 heteroatoms. The Morgan fingerprint density at radius 1 is 1.32 bits per heavy atom. The van der Waals surface area contributed by atoms with E-state index in [1.54, 1.807) is 4.90 Å². The molecule has 2 amide bonds. The summed E-state index contributed by atoms with van der Waals surface area (Å²) >= 11 is 1.46. The van der Waals surface area contributed by atoms with Crippen molar-refractivity contribution < 1.29 is 14.3 Å². The maximum Gasteiger partial charge on any atom is 0.410 e. The Kier molecular flexibility index (Phi) is 7.55. The van der Waals surface area contributed by atoms with Crippen LogP contribution < -0.4 is 5.32 Å². The van der Waals surface area contributed by atoms with Crippen molar-refractivity contribution in [3.05, 3.63) is 10.6 Å². The van der Waals surface area contributed by atoms with Gasteiger partial charge in [0.15, 0.2) is 5.13 Å². The third-order valence-electron chi connectivity index (χ3n) is 4.54. The van der Waals surface area contributed by atoms with Crippen molar-refractivity contribution in [2.24, 2.45) is 0 Å². The van der Waals surface area contributed by atoms with Crippen LogP contribution in [0.3, 0.4) is 0 Å². The molecule has 0 aromatic carbocycles. The average molecular weight is 444 g/mol. The molecular formula is C19H29N3O3S3. The molecule has 1 N–H and O–H groups in total. The zero-order chi connectivity index (χ0) is 20.1. The molecule has 1 fully saturated rings. The van der Waals surface area contributed by atoms with Gasteiger partial charge in [-0.15, -0.1) is 0 Å². The largest absolute Gasteiger partial charge is 0.444 e. The smallest absolute Gasteiger partial charge is 0.410 e. The first-order valence-electron chi connectivity index (χ1n) is 9.85. The molecule has 28 heavy (non-hydrogen) atoms. The zero-order valence-electron chi connectivity index (χ0n) is 16.8. The number of unbranched alkanes of at least 4 members (excludes halogenated alkanes) is 1. The quantitative estimate of drug-likeness (QED) is 0.488. The molecule has 2 aliphatic heterocycles. The fraction of sp³-hybridized carbons (Fsp3) is 0.737. The monoisotopic (exact) mass is 443 g/mol. The van der Waals surface area contributed by atoms with Crippen LogP contribution >= 0.6 is 32.9 Å². The maximum absolute atomic E-state index is 12.3. The van der Waals surface area contributed by atoms with Crippen LogP contribution in [0.5, 0.6) is 0 Å². The molecular weight excluding hydrogens is 414 g/mol. The molecule has 1 unspecified atom stereocenters. The van der Waals surface area contributed by atoms with Gasteiger partial charge < -0.3 is 15.0 Å². The number of aromatic nitrogens is 1. The van der Waals surface area contributed by atoms with Crippen LogP contribution in [-0.4, -0.2) is 45.0 Å². The van der Waals surface area contributed by atoms with Crippen LogP contribution in [-0.2, 0) is 22.5 Å². The fourth-order valence-corrected chi connectivity index (χ4v) is 7.20. The van der Waals surface area contributed by atoms with E-state index in [1.807, 2.05) is 42.4 Å². The summed E-state index contributed by atoms with van der Waals surface area (Å²) in [6.07, 6.45) is 5.46. The van der Waals surface area contributed by atoms with Crippen LogP contribution in [0.15, 0.2) is 0 Å². The van der Waals surface area contributed by atoms with Gasteiger partial charge in [-0.05, 0) is 40.0 Å². The summed E-state index contributed by atoms with van der Waals surface area (Å²) in [5.41, 5.74) is 0.482. The third kappa shape index (κ3) is 6.56. The number of hydrogen-bond donors (Lipinski definition) is 1. The summed E-state index contributed by atoms with van der Waals surface area (Å²) in [5.74, 6) is 1.29. The van der Waals surface area contributed by atoms with Gasteiger partial charge in [0.1, 0.15) is 5.60 Å². The van der Waals surface area contributed by atoms with Crippen LogP contribution in [0.4, 0.5) is 9.93 Å². The van der Waals surface area contributed by atoms with Gasteiger partial charge in [0, 0.05) is 35.3 Å². The predicted molar refractivity (Wildman–Crippen MR) is 118 cm³/mol. The van der Waals surface area contributed by atoms with E-state index in [1.165, 1.54) is 29.9 Å². The molecule has 2 aliphatic rings. The highest BCUT2D eigenvalue weighted by Crippen LogP contribution is 2.40. The number of rotatable bonds is 6. The lowest BCUT2D eigenvalue weighted by molar-refractivity contribution is -0.116. The zero-order valence-corrected chi connectivity index (χ0v) is 19.2. The standard InChI is InChI=1S/C19H29N3O3S3/c1-19(2,3)25-18(24)22-10-8-14-15(12-22)27-17(20-14)21-16(23)7-5-4-6-13-9-11-26-28-13/h13H,4-12H2,1-3H3,(H,20,21,23). The van der Waals surface area contributed by atoms with Crippen molar-refractivity contribution in [2.45, 2.75) is 76.7 Å². The van der Waals surface area contributed by atoms with Gasteiger partial charge in [0.05, 0.1) is 12.2 Å². The first-order chi connectivity index (χ1) is 13.3. The number of thiazole rings is 1. The van der Waals surface area contributed by atoms with Crippen molar-refractivity contribution in [3.8, 4) is 0 Å². The summed E-state index contributed by atoms with van der Waals surface area (Å²) in [7, 11) is 3.96. The lowest BCUT2D eigenvalue weighted by Crippen LogP contribution is -2.39. The number of anilines is 1. The lowest BCUT2D eigenvalue weighted by Gasteiger charge is -2.29. The minimum Gasteiger partial charge on any atom is -0.444 e. The number of carbonyl (C=O) groups excluding carboxylic acids is 2. The minimum absolute atomic E-state index is 0.0311. The van der Waals surface area contributed by atoms with Crippen molar-refractivity contribution in [2.75, 3.05) is 17.6 Å². The summed E-state index contributed by atoms with van der Waals surface area (Å²) < 4.78 is 5.45. The maximum atomic E-state index is 12.3. The molecule has 1 aromatic rings. The Morgan fingerprint density at radius 3 is 2.86 bits per heavy atom. The Labute approximate surface area is 179 Å². The molecule has 6 nitrogen and oxygen atoms in total. The number of ether oxygens (including phenoxy) is 1. The summed E-state index contributed by atoms with van der Waals surface area (Å²) in [5, 5.41) is 4.35. The van der Waals surface area contributed by atoms with E-state index in [2.05, 4.69) is 10.3 Å². The summed E-state index contributed by atoms with van der Waals surface area (Å²) in [6, 6.07) is 0. The van der Waals surface area contributed by atoms with Crippen LogP contribution in [0.2, 0.25) is 0 Å². The molecule has 156 valence electrons. The van der Waals surface area contributed by atoms with E-state index in [0.717, 1.165) is 28.7 Å². The molecule has 1 aromatic heterocycles. The number of fused-ring (bicyclic) bond motifs is 1. The first kappa shape index (κ1) is 21.8. The highest BCUT2D eigenvalue weighted by atomic mass is 33.1. The van der Waals surface area contributed by atoms with Crippen molar-refractivity contribution in [3.63, 3.8) is 0 Å². The second-order valence-corrected chi connectivity index (χ2v) is 12.0. The Morgan fingerprint density at radius 2 is 2.14 bits per heavy atom. The second-order valence-electron chi connectivity index (χ2n) is 8.16. The molecule has 0 bridgehead atoms. The van der Waals surface area contributed by atoms with E-state index < -0.39 is 5.60 Å². The number of nitrogens with one attached hydrogen (secondary N) is 1. The van der Waals surface area contributed by atoms with Crippen LogP contribution in [0.1, 0.15) is 63.4 Å². The van der Waals surface area contributed by atoms with Gasteiger partial charge in [0.2, 0.25) is 5.91 Å². The normalized spacial score (nSPS) is 19.4. The molecule has 1 saturated heterocycles. The molecule has 3 rings (SSSR count). The molecule has 0 spiro atoms. The first-order valence-corrected chi connectivity index (χ1v) is 13.0. The third-order valence-corrected chi connectivity index (χ3v) is 8.54. The highest BCUT2D eigenvalue weighted by Gasteiger charge is 2.28. The van der Waals surface area contributed by atoms with Gasteiger partial charge >= 0.3 is 6.09 Å². The van der Waals surface area contributed by atoms with Gasteiger partial charge in [-0.2, -0.15) is 0 Å². The van der Waals surface area contributed by atoms with E-state index in [9.17, 15) is 9.59 Å². The van der Waals surface area contributed by atoms with E-state index >= 15 is 0 Å². The number of amides is 2. The van der Waals surface area contributed by atoms with Gasteiger partial charge in [-0.25, -0.2) is 9.78 Å². The molecule has 1 atom stereocenters. The lowest BCUT2D eigenvalue weighted by atomic mass is 10.1. The average Bonchev–Trinajstić information content (AvgIpc) is 3.25. The topological polar surface area (TPSA) is 71.5 Å². The minimum atomic E-state index is -0.501. The summed E-state index contributed by atoms with van der Waals surface area (Å²) in [6.45, 7) is 6.69. The van der Waals surface area contributed by atoms with Crippen molar-refractivity contribution in [1.82, 2.24) is 9.88 Å². The second kappa shape index (κ2) is 9.71. The van der Waals surface area contributed by atoms with Crippen LogP contribution in [0.25, 0.3) is 0 Å². The van der Waals surface area contributed by atoms with E-state index in [0.29, 0.717) is 31.1 Å². The predicted octanol–water partition coefficient (Wildman–Crippen LogP) is 5.09. The summed E-state index contributed by atoms with van der Waals surface area (Å²) in [4.78, 5) is 31.8. The molecule has 0 aliphatic carbocycles. The van der Waals surface area contributed by atoms with E-state index in [4.69, 9.17) is 4.74 Å². The Bertz CT molecular complexity index is 696. The fourth-order valence-electron chi connectivity index (χ4n) is 3.14. The molecule has 0 radical (unpaired) electrons. The van der Waals surface area contributed by atoms with Gasteiger partial charge in [0.25, 0.3) is 0 Å². The number of carbonyl (C=O) groups is 2. The molecule has 3 heterocycles. The highest BCUT2D eigenvalue weighted by molar-refractivity contribution is 8.77. The van der Waals surface area contributed by atoms with Gasteiger partial charge in [-0.3, -0.25) is 4.79 Å². The molecule has 0 saturated carbocycles. The number of hydrogen-bond acceptors (Lipinski definition) is 7. The van der Waals surface area contributed by atoms with Crippen LogP contribution in [0, 0.1) is 0 Å². The number of nitrogens with zero attached hydrogens (tertiary/aromatic N) is 2. The Balaban J connectivity index is 1.43.